The highest BCUT2D eigenvalue weighted by atomic mass is 19.1. The monoisotopic (exact) mass is 627 g/mol. The maximum absolute atomic E-state index is 14.1. The summed E-state index contributed by atoms with van der Waals surface area (Å²) >= 11 is 0. The molecule has 1 saturated heterocycles. The lowest BCUT2D eigenvalue weighted by molar-refractivity contribution is -0.384. The number of fused-ring (bicyclic) bond motifs is 2. The molecular weight excluding hydrogens is 600 g/mol. The number of amides is 1. The second kappa shape index (κ2) is 12.8. The highest BCUT2D eigenvalue weighted by Gasteiger charge is 2.41. The maximum atomic E-state index is 14.1. The Labute approximate surface area is 254 Å². The molecule has 1 fully saturated rings. The summed E-state index contributed by atoms with van der Waals surface area (Å²) in [4.78, 5) is 64.6. The standard InChI is InChI=1S/C30H27F2N3O10/c1-16-11-20(35(40)41)6-8-24(16)45-30(39)44-15-43-28-26-29(38)34-17(2)9-10-42-25(34)14-33(26)13-21(27(28)37)23(36)7-4-18-3-5-19(31)12-22(18)32/h3,5-6,8,11-13,17,25H,4,7,9-10,14-15H2,1-2H3/t17-,25+/m1/s1. The van der Waals surface area contributed by atoms with E-state index in [4.69, 9.17) is 18.9 Å². The molecule has 0 saturated carbocycles. The van der Waals surface area contributed by atoms with Gasteiger partial charge in [-0.1, -0.05) is 6.07 Å². The fraction of sp³-hybridized carbons (Fsp3) is 0.333. The normalized spacial score (nSPS) is 17.2. The molecule has 236 valence electrons. The molecule has 3 heterocycles. The number of carbonyl (C=O) groups excluding carboxylic acids is 3. The van der Waals surface area contributed by atoms with Crippen LogP contribution in [0.1, 0.15) is 51.7 Å². The summed E-state index contributed by atoms with van der Waals surface area (Å²) in [6, 6.07) is 6.27. The number of hydrogen-bond acceptors (Lipinski definition) is 10. The third-order valence-electron chi connectivity index (χ3n) is 7.54. The van der Waals surface area contributed by atoms with E-state index in [1.54, 1.807) is 0 Å². The number of aromatic nitrogens is 1. The highest BCUT2D eigenvalue weighted by Crippen LogP contribution is 2.30. The number of pyridine rings is 1. The molecule has 2 atom stereocenters. The minimum atomic E-state index is -1.26. The first kappa shape index (κ1) is 31.3. The first-order chi connectivity index (χ1) is 21.4. The predicted octanol–water partition coefficient (Wildman–Crippen LogP) is 4.30. The second-order valence-electron chi connectivity index (χ2n) is 10.5. The van der Waals surface area contributed by atoms with E-state index in [1.165, 1.54) is 40.8 Å². The highest BCUT2D eigenvalue weighted by molar-refractivity contribution is 6.00. The first-order valence-corrected chi connectivity index (χ1v) is 13.9. The van der Waals surface area contributed by atoms with Crippen LogP contribution in [-0.4, -0.2) is 57.9 Å². The van der Waals surface area contributed by atoms with Gasteiger partial charge in [-0.2, -0.15) is 0 Å². The van der Waals surface area contributed by atoms with Crippen LogP contribution in [0.4, 0.5) is 19.3 Å². The van der Waals surface area contributed by atoms with E-state index in [2.05, 4.69) is 0 Å². The predicted molar refractivity (Wildman–Crippen MR) is 150 cm³/mol. The second-order valence-corrected chi connectivity index (χ2v) is 10.5. The zero-order valence-corrected chi connectivity index (χ0v) is 24.1. The van der Waals surface area contributed by atoms with E-state index in [-0.39, 0.29) is 59.2 Å². The molecule has 3 aromatic rings. The summed E-state index contributed by atoms with van der Waals surface area (Å²) in [5.41, 5.74) is -1.35. The lowest BCUT2D eigenvalue weighted by atomic mass is 10.0. The van der Waals surface area contributed by atoms with Gasteiger partial charge in [-0.05, 0) is 49.9 Å². The van der Waals surface area contributed by atoms with Crippen molar-refractivity contribution in [1.29, 1.82) is 0 Å². The van der Waals surface area contributed by atoms with Crippen molar-refractivity contribution in [1.82, 2.24) is 9.47 Å². The average molecular weight is 628 g/mol. The lowest BCUT2D eigenvalue weighted by Gasteiger charge is -2.44. The molecule has 0 unspecified atom stereocenters. The fourth-order valence-electron chi connectivity index (χ4n) is 5.20. The van der Waals surface area contributed by atoms with Gasteiger partial charge in [-0.3, -0.25) is 24.5 Å². The number of nitro groups is 1. The van der Waals surface area contributed by atoms with Crippen LogP contribution in [0.5, 0.6) is 11.5 Å². The van der Waals surface area contributed by atoms with Crippen LogP contribution in [0.15, 0.2) is 47.4 Å². The smallest absolute Gasteiger partial charge is 0.451 e. The average Bonchev–Trinajstić information content (AvgIpc) is 2.98. The molecule has 0 aliphatic carbocycles. The minimum Gasteiger partial charge on any atom is -0.451 e. The van der Waals surface area contributed by atoms with Crippen molar-refractivity contribution in [3.63, 3.8) is 0 Å². The van der Waals surface area contributed by atoms with Crippen LogP contribution in [0.25, 0.3) is 0 Å². The van der Waals surface area contributed by atoms with E-state index in [9.17, 15) is 38.1 Å². The summed E-state index contributed by atoms with van der Waals surface area (Å²) in [5, 5.41) is 11.0. The number of nitrogens with zero attached hydrogens (tertiary/aromatic N) is 3. The number of aryl methyl sites for hydroxylation is 2. The van der Waals surface area contributed by atoms with Gasteiger partial charge in [-0.15, -0.1) is 0 Å². The Bertz CT molecular complexity index is 1760. The van der Waals surface area contributed by atoms with Crippen LogP contribution < -0.4 is 14.9 Å². The van der Waals surface area contributed by atoms with Crippen LogP contribution in [0.2, 0.25) is 0 Å². The van der Waals surface area contributed by atoms with Gasteiger partial charge in [0.15, 0.2) is 17.7 Å². The molecule has 2 aromatic carbocycles. The van der Waals surface area contributed by atoms with Crippen molar-refractivity contribution in [3.8, 4) is 11.5 Å². The Balaban J connectivity index is 1.39. The van der Waals surface area contributed by atoms with Gasteiger partial charge in [0.1, 0.15) is 17.4 Å². The molecule has 1 aromatic heterocycles. The maximum Gasteiger partial charge on any atom is 0.516 e. The van der Waals surface area contributed by atoms with E-state index in [1.807, 2.05) is 6.92 Å². The summed E-state index contributed by atoms with van der Waals surface area (Å²) < 4.78 is 50.1. The molecule has 0 radical (unpaired) electrons. The van der Waals surface area contributed by atoms with Crippen molar-refractivity contribution in [2.24, 2.45) is 0 Å². The molecule has 15 heteroatoms. The van der Waals surface area contributed by atoms with E-state index in [0.717, 1.165) is 12.1 Å². The van der Waals surface area contributed by atoms with Gasteiger partial charge in [0, 0.05) is 36.9 Å². The Hall–Kier alpha value is -5.18. The molecule has 1 amide bonds. The third kappa shape index (κ3) is 6.52. The number of nitro benzene ring substituents is 1. The summed E-state index contributed by atoms with van der Waals surface area (Å²) in [5.74, 6) is -3.46. The molecule has 0 N–H and O–H groups in total. The largest absolute Gasteiger partial charge is 0.516 e. The third-order valence-corrected chi connectivity index (χ3v) is 7.54. The van der Waals surface area contributed by atoms with Crippen molar-refractivity contribution in [2.75, 3.05) is 13.4 Å². The Morgan fingerprint density at radius 2 is 1.93 bits per heavy atom. The number of Topliss-reactive ketones (excluding diaryl/α,β-unsaturated/α-hetero) is 1. The number of non-ortho nitro benzene ring substituents is 1. The number of ketones is 1. The lowest BCUT2D eigenvalue weighted by Crippen LogP contribution is -2.57. The van der Waals surface area contributed by atoms with Gasteiger partial charge >= 0.3 is 6.16 Å². The van der Waals surface area contributed by atoms with Crippen LogP contribution in [0, 0.1) is 28.7 Å². The van der Waals surface area contributed by atoms with Crippen LogP contribution in [0.3, 0.4) is 0 Å². The van der Waals surface area contributed by atoms with Crippen molar-refractivity contribution >= 4 is 23.5 Å². The Kier molecular flexibility index (Phi) is 8.90. The van der Waals surface area contributed by atoms with Crippen molar-refractivity contribution < 1.29 is 47.0 Å². The molecular formula is C30H27F2N3O10. The number of benzene rings is 2. The molecule has 5 rings (SSSR count). The molecule has 2 aliphatic rings. The Morgan fingerprint density at radius 3 is 2.64 bits per heavy atom. The van der Waals surface area contributed by atoms with Crippen LogP contribution >= 0.6 is 0 Å². The van der Waals surface area contributed by atoms with Crippen molar-refractivity contribution in [3.05, 3.63) is 97.0 Å². The number of halogens is 2. The molecule has 2 aliphatic heterocycles. The van der Waals surface area contributed by atoms with Gasteiger partial charge in [-0.25, -0.2) is 13.6 Å². The zero-order valence-electron chi connectivity index (χ0n) is 24.1. The molecule has 13 nitrogen and oxygen atoms in total. The van der Waals surface area contributed by atoms with Crippen LogP contribution in [-0.2, 0) is 22.4 Å². The topological polar surface area (TPSA) is 157 Å². The first-order valence-electron chi connectivity index (χ1n) is 13.9. The van der Waals surface area contributed by atoms with Gasteiger partial charge in [0.25, 0.3) is 11.6 Å². The molecule has 0 bridgehead atoms. The van der Waals surface area contributed by atoms with Gasteiger partial charge in [0.05, 0.1) is 23.6 Å². The SMILES string of the molecule is Cc1cc([N+](=O)[O-])ccc1OC(=O)OCOc1c2n(cc(C(=O)CCc3ccc(F)cc3F)c1=O)C[C@@H]1OCC[C@@H](C)N1C2=O. The number of carbonyl (C=O) groups is 3. The zero-order chi connectivity index (χ0) is 32.4. The number of hydrogen-bond donors (Lipinski definition) is 0. The van der Waals surface area contributed by atoms with E-state index in [0.29, 0.717) is 19.1 Å². The summed E-state index contributed by atoms with van der Waals surface area (Å²) in [6.45, 7) is 2.88. The van der Waals surface area contributed by atoms with E-state index < -0.39 is 58.6 Å². The summed E-state index contributed by atoms with van der Waals surface area (Å²) in [7, 11) is 0. The van der Waals surface area contributed by atoms with Gasteiger partial charge < -0.3 is 28.4 Å². The Morgan fingerprint density at radius 1 is 1.16 bits per heavy atom. The summed E-state index contributed by atoms with van der Waals surface area (Å²) in [6.07, 6.45) is -0.607. The molecule has 0 spiro atoms. The number of rotatable bonds is 9. The fourth-order valence-corrected chi connectivity index (χ4v) is 5.20. The van der Waals surface area contributed by atoms with Crippen molar-refractivity contribution in [2.45, 2.75) is 51.9 Å². The van der Waals surface area contributed by atoms with E-state index >= 15 is 0 Å². The quantitative estimate of drug-likeness (QED) is 0.0837. The number of ether oxygens (including phenoxy) is 4. The minimum absolute atomic E-state index is 0.0199. The molecule has 45 heavy (non-hydrogen) atoms. The van der Waals surface area contributed by atoms with Gasteiger partial charge in [0.2, 0.25) is 18.0 Å².